The van der Waals surface area contributed by atoms with Crippen LogP contribution in [0.2, 0.25) is 0 Å². The molecule has 3 N–H and O–H groups in total. The van der Waals surface area contributed by atoms with E-state index in [2.05, 4.69) is 4.72 Å². The Hall–Kier alpha value is -3.53. The van der Waals surface area contributed by atoms with E-state index < -0.39 is 22.0 Å². The average molecular weight is 407 g/mol. The van der Waals surface area contributed by atoms with Crippen LogP contribution in [0.5, 0.6) is 11.5 Å². The minimum Gasteiger partial charge on any atom is -0.493 e. The first-order chi connectivity index (χ1) is 13.2. The normalized spacial score (nSPS) is 11.2. The lowest BCUT2D eigenvalue weighted by atomic mass is 10.2. The van der Waals surface area contributed by atoms with Crippen LogP contribution < -0.4 is 14.2 Å². The Labute approximate surface area is 160 Å². The number of carboxylic acids is 2. The molecule has 2 rings (SSSR count). The van der Waals surface area contributed by atoms with Gasteiger partial charge in [-0.2, -0.15) is 0 Å². The third kappa shape index (κ3) is 4.80. The molecule has 0 aliphatic carbocycles. The van der Waals surface area contributed by atoms with Crippen molar-refractivity contribution in [1.82, 2.24) is 0 Å². The Morgan fingerprint density at radius 2 is 1.68 bits per heavy atom. The van der Waals surface area contributed by atoms with Crippen molar-refractivity contribution in [3.63, 3.8) is 0 Å². The fourth-order valence-electron chi connectivity index (χ4n) is 2.30. The third-order valence-corrected chi connectivity index (χ3v) is 4.95. The highest BCUT2D eigenvalue weighted by atomic mass is 32.2. The molecule has 148 valence electrons. The van der Waals surface area contributed by atoms with Crippen molar-refractivity contribution < 1.29 is 37.7 Å². The number of carboxylic acid groups (broad SMARTS) is 2. The van der Waals surface area contributed by atoms with Gasteiger partial charge in [0.05, 0.1) is 19.8 Å². The first kappa shape index (κ1) is 20.8. The molecule has 0 amide bonds. The molecule has 0 saturated heterocycles. The predicted molar refractivity (Wildman–Crippen MR) is 100 cm³/mol. The van der Waals surface area contributed by atoms with Gasteiger partial charge in [0.2, 0.25) is 0 Å². The number of methoxy groups -OCH3 is 2. The van der Waals surface area contributed by atoms with E-state index in [4.69, 9.17) is 19.7 Å². The van der Waals surface area contributed by atoms with Crippen LogP contribution in [0.1, 0.15) is 15.9 Å². The molecule has 0 spiro atoms. The largest absolute Gasteiger partial charge is 0.493 e. The maximum Gasteiger partial charge on any atom is 0.335 e. The number of carbonyl (C=O) groups is 2. The van der Waals surface area contributed by atoms with Gasteiger partial charge in [0, 0.05) is 11.8 Å². The van der Waals surface area contributed by atoms with Crippen molar-refractivity contribution in [2.75, 3.05) is 18.9 Å². The van der Waals surface area contributed by atoms with Crippen LogP contribution in [0.25, 0.3) is 6.08 Å². The Kier molecular flexibility index (Phi) is 6.26. The molecule has 0 aliphatic heterocycles. The summed E-state index contributed by atoms with van der Waals surface area (Å²) < 4.78 is 38.3. The molecule has 0 bridgehead atoms. The average Bonchev–Trinajstić information content (AvgIpc) is 2.65. The van der Waals surface area contributed by atoms with Gasteiger partial charge in [-0.05, 0) is 48.0 Å². The molecule has 9 nitrogen and oxygen atoms in total. The van der Waals surface area contributed by atoms with Crippen molar-refractivity contribution in [2.24, 2.45) is 0 Å². The zero-order valence-corrected chi connectivity index (χ0v) is 15.7. The van der Waals surface area contributed by atoms with E-state index in [1.807, 2.05) is 0 Å². The number of nitrogens with one attached hydrogen (secondary N) is 1. The fourth-order valence-corrected chi connectivity index (χ4v) is 3.58. The third-order valence-electron chi connectivity index (χ3n) is 3.56. The number of aromatic carboxylic acids is 1. The van der Waals surface area contributed by atoms with E-state index in [-0.39, 0.29) is 33.2 Å². The number of rotatable bonds is 8. The lowest BCUT2D eigenvalue weighted by Crippen LogP contribution is -2.15. The quantitative estimate of drug-likeness (QED) is 0.567. The van der Waals surface area contributed by atoms with E-state index in [0.29, 0.717) is 0 Å². The fraction of sp³-hybridized carbons (Fsp3) is 0.111. The molecule has 0 saturated carbocycles. The molecule has 0 heterocycles. The van der Waals surface area contributed by atoms with Crippen LogP contribution in [0.4, 0.5) is 5.69 Å². The first-order valence-electron chi connectivity index (χ1n) is 7.71. The number of hydrogen-bond acceptors (Lipinski definition) is 6. The van der Waals surface area contributed by atoms with Crippen LogP contribution >= 0.6 is 0 Å². The number of benzene rings is 2. The summed E-state index contributed by atoms with van der Waals surface area (Å²) >= 11 is 0. The molecule has 0 aromatic heterocycles. The van der Waals surface area contributed by atoms with Crippen LogP contribution in [0.3, 0.4) is 0 Å². The van der Waals surface area contributed by atoms with E-state index in [9.17, 15) is 18.0 Å². The summed E-state index contributed by atoms with van der Waals surface area (Å²) in [7, 11) is -1.58. The lowest BCUT2D eigenvalue weighted by molar-refractivity contribution is -0.131. The second-order valence-electron chi connectivity index (χ2n) is 5.41. The number of ether oxygens (including phenoxy) is 2. The van der Waals surface area contributed by atoms with Gasteiger partial charge in [-0.25, -0.2) is 18.0 Å². The van der Waals surface area contributed by atoms with Gasteiger partial charge in [-0.3, -0.25) is 4.72 Å². The number of anilines is 1. The maximum absolute atomic E-state index is 12.9. The zero-order chi connectivity index (χ0) is 20.9. The molecule has 0 unspecified atom stereocenters. The summed E-state index contributed by atoms with van der Waals surface area (Å²) in [6.07, 6.45) is 2.07. The second-order valence-corrected chi connectivity index (χ2v) is 7.06. The Morgan fingerprint density at radius 3 is 2.18 bits per heavy atom. The van der Waals surface area contributed by atoms with E-state index in [1.165, 1.54) is 56.7 Å². The van der Waals surface area contributed by atoms with Crippen LogP contribution in [-0.2, 0) is 14.8 Å². The van der Waals surface area contributed by atoms with Crippen molar-refractivity contribution in [2.45, 2.75) is 4.90 Å². The Bertz CT molecular complexity index is 1030. The van der Waals surface area contributed by atoms with Crippen molar-refractivity contribution in [1.29, 1.82) is 0 Å². The molecule has 2 aromatic rings. The van der Waals surface area contributed by atoms with Crippen LogP contribution in [0.15, 0.2) is 47.4 Å². The Morgan fingerprint density at radius 1 is 1.04 bits per heavy atom. The minimum absolute atomic E-state index is 0.00278. The highest BCUT2D eigenvalue weighted by Crippen LogP contribution is 2.36. The van der Waals surface area contributed by atoms with Crippen molar-refractivity contribution in [3.8, 4) is 11.5 Å². The zero-order valence-electron chi connectivity index (χ0n) is 14.9. The van der Waals surface area contributed by atoms with Crippen molar-refractivity contribution in [3.05, 3.63) is 53.6 Å². The van der Waals surface area contributed by atoms with Gasteiger partial charge >= 0.3 is 11.9 Å². The molecule has 0 radical (unpaired) electrons. The van der Waals surface area contributed by atoms with Crippen LogP contribution in [0, 0.1) is 0 Å². The number of aliphatic carboxylic acids is 1. The molecular weight excluding hydrogens is 390 g/mol. The highest BCUT2D eigenvalue weighted by Gasteiger charge is 2.24. The van der Waals surface area contributed by atoms with Gasteiger partial charge in [0.25, 0.3) is 10.0 Å². The molecule has 0 fully saturated rings. The van der Waals surface area contributed by atoms with Crippen LogP contribution in [-0.4, -0.2) is 44.8 Å². The van der Waals surface area contributed by atoms with E-state index in [1.54, 1.807) is 0 Å². The second kappa shape index (κ2) is 8.44. The number of hydrogen-bond donors (Lipinski definition) is 3. The topological polar surface area (TPSA) is 139 Å². The van der Waals surface area contributed by atoms with Crippen molar-refractivity contribution >= 4 is 33.7 Å². The summed E-state index contributed by atoms with van der Waals surface area (Å²) in [5.41, 5.74) is 0.405. The monoisotopic (exact) mass is 407 g/mol. The van der Waals surface area contributed by atoms with E-state index >= 15 is 0 Å². The summed E-state index contributed by atoms with van der Waals surface area (Å²) in [5, 5.41) is 17.7. The maximum atomic E-state index is 12.9. The Balaban J connectivity index is 2.51. The standard InChI is InChI=1S/C18H17NO8S/c1-26-14-9-11(3-8-16(20)21)10-15(17(14)27-2)28(24,25)19-13-6-4-12(5-7-13)18(22)23/h3-10,19H,1-2H3,(H,20,21)(H,22,23)/b8-3+. The SMILES string of the molecule is COc1cc(/C=C/C(=O)O)cc(S(=O)(=O)Nc2ccc(C(=O)O)cc2)c1OC. The van der Waals surface area contributed by atoms with Gasteiger partial charge in [-0.1, -0.05) is 0 Å². The molecule has 0 aliphatic rings. The highest BCUT2D eigenvalue weighted by molar-refractivity contribution is 7.92. The van der Waals surface area contributed by atoms with Gasteiger partial charge in [0.1, 0.15) is 4.90 Å². The summed E-state index contributed by atoms with van der Waals surface area (Å²) in [5.74, 6) is -2.31. The molecule has 0 atom stereocenters. The molecule has 2 aromatic carbocycles. The van der Waals surface area contributed by atoms with Gasteiger partial charge < -0.3 is 19.7 Å². The molecular formula is C18H17NO8S. The lowest BCUT2D eigenvalue weighted by Gasteiger charge is -2.15. The summed E-state index contributed by atoms with van der Waals surface area (Å²) in [6, 6.07) is 7.78. The smallest absolute Gasteiger partial charge is 0.335 e. The van der Waals surface area contributed by atoms with Gasteiger partial charge in [0.15, 0.2) is 11.5 Å². The first-order valence-corrected chi connectivity index (χ1v) is 9.19. The molecule has 10 heteroatoms. The summed E-state index contributed by atoms with van der Waals surface area (Å²) in [6.45, 7) is 0. The molecule has 28 heavy (non-hydrogen) atoms. The predicted octanol–water partition coefficient (Wildman–Crippen LogP) is 2.30. The minimum atomic E-state index is -4.17. The summed E-state index contributed by atoms with van der Waals surface area (Å²) in [4.78, 5) is 21.4. The van der Waals surface area contributed by atoms with Gasteiger partial charge in [-0.15, -0.1) is 0 Å². The number of sulfonamides is 1. The van der Waals surface area contributed by atoms with E-state index in [0.717, 1.165) is 6.08 Å².